The molecule has 0 radical (unpaired) electrons. The van der Waals surface area contributed by atoms with E-state index in [1.165, 1.54) is 5.01 Å². The molecule has 1 rings (SSSR count). The Balaban J connectivity index is 2.84. The smallest absolute Gasteiger partial charge is 0.277 e. The number of nitrogens with two attached hydrogens (primary N) is 1. The molecule has 0 saturated carbocycles. The number of thiophene rings is 1. The lowest BCUT2D eigenvalue weighted by atomic mass is 10.4. The van der Waals surface area contributed by atoms with Gasteiger partial charge in [0.15, 0.2) is 0 Å². The van der Waals surface area contributed by atoms with Crippen molar-refractivity contribution in [2.24, 2.45) is 5.84 Å². The molecule has 0 bridgehead atoms. The highest BCUT2D eigenvalue weighted by molar-refractivity contribution is 7.15. The molecule has 0 aliphatic carbocycles. The average Bonchev–Trinajstić information content (AvgIpc) is 2.75. The summed E-state index contributed by atoms with van der Waals surface area (Å²) in [7, 11) is 3.24. The Morgan fingerprint density at radius 2 is 2.00 bits per heavy atom. The first kappa shape index (κ1) is 11.6. The molecular formula is C8H12N4O2S. The van der Waals surface area contributed by atoms with Gasteiger partial charge in [0.25, 0.3) is 11.8 Å². The van der Waals surface area contributed by atoms with Gasteiger partial charge in [0, 0.05) is 14.1 Å². The molecule has 1 aromatic heterocycles. The first-order chi connectivity index (χ1) is 7.10. The molecule has 0 aromatic carbocycles. The van der Waals surface area contributed by atoms with E-state index in [2.05, 4.69) is 5.43 Å². The van der Waals surface area contributed by atoms with Crippen LogP contribution in [-0.2, 0) is 0 Å². The molecule has 0 saturated heterocycles. The predicted molar refractivity (Wildman–Crippen MR) is 57.1 cm³/mol. The summed E-state index contributed by atoms with van der Waals surface area (Å²) in [4.78, 5) is 23.6. The third-order valence-corrected chi connectivity index (χ3v) is 2.88. The van der Waals surface area contributed by atoms with Crippen molar-refractivity contribution >= 4 is 23.2 Å². The Kier molecular flexibility index (Phi) is 3.78. The van der Waals surface area contributed by atoms with Gasteiger partial charge in [0.2, 0.25) is 0 Å². The fourth-order valence-electron chi connectivity index (χ4n) is 0.913. The zero-order chi connectivity index (χ0) is 11.4. The topological polar surface area (TPSA) is 87.5 Å². The van der Waals surface area contributed by atoms with Gasteiger partial charge in [0.1, 0.15) is 0 Å². The molecule has 7 heteroatoms. The van der Waals surface area contributed by atoms with Crippen molar-refractivity contribution in [3.63, 3.8) is 0 Å². The largest absolute Gasteiger partial charge is 0.289 e. The second kappa shape index (κ2) is 4.87. The van der Waals surface area contributed by atoms with E-state index in [0.29, 0.717) is 9.75 Å². The van der Waals surface area contributed by atoms with Crippen molar-refractivity contribution in [1.29, 1.82) is 0 Å². The number of hydrazine groups is 2. The number of hydrogen-bond acceptors (Lipinski definition) is 5. The molecule has 0 fully saturated rings. The number of rotatable bonds is 3. The molecule has 6 nitrogen and oxygen atoms in total. The molecule has 0 aliphatic rings. The van der Waals surface area contributed by atoms with E-state index in [-0.39, 0.29) is 5.91 Å². The van der Waals surface area contributed by atoms with E-state index >= 15 is 0 Å². The summed E-state index contributed by atoms with van der Waals surface area (Å²) in [5.41, 5.74) is 4.69. The third kappa shape index (κ3) is 2.52. The number of nitrogens with one attached hydrogen (secondary N) is 2. The van der Waals surface area contributed by atoms with Crippen LogP contribution in [0.15, 0.2) is 12.1 Å². The Morgan fingerprint density at radius 3 is 2.53 bits per heavy atom. The normalized spacial score (nSPS) is 9.80. The summed E-state index contributed by atoms with van der Waals surface area (Å²) in [5.74, 6) is 4.38. The summed E-state index contributed by atoms with van der Waals surface area (Å²) in [6, 6.07) is 3.15. The van der Waals surface area contributed by atoms with Crippen molar-refractivity contribution in [2.45, 2.75) is 0 Å². The van der Waals surface area contributed by atoms with Crippen LogP contribution < -0.4 is 16.7 Å². The fraction of sp³-hybridized carbons (Fsp3) is 0.250. The first-order valence-electron chi connectivity index (χ1n) is 4.16. The molecule has 2 amide bonds. The Hall–Kier alpha value is -1.44. The van der Waals surface area contributed by atoms with Crippen LogP contribution in [0.2, 0.25) is 0 Å². The molecule has 4 N–H and O–H groups in total. The van der Waals surface area contributed by atoms with Gasteiger partial charge in [-0.05, 0) is 12.1 Å². The van der Waals surface area contributed by atoms with Gasteiger partial charge in [-0.15, -0.1) is 11.3 Å². The summed E-state index contributed by atoms with van der Waals surface area (Å²) < 4.78 is 0. The summed E-state index contributed by atoms with van der Waals surface area (Å²) in [5, 5.41) is 1.33. The van der Waals surface area contributed by atoms with Gasteiger partial charge in [0.05, 0.1) is 9.75 Å². The second-order valence-electron chi connectivity index (χ2n) is 2.73. The molecule has 1 heterocycles. The average molecular weight is 228 g/mol. The quantitative estimate of drug-likeness (QED) is 0.372. The van der Waals surface area contributed by atoms with Crippen LogP contribution in [0.1, 0.15) is 19.3 Å². The molecule has 0 atom stereocenters. The van der Waals surface area contributed by atoms with Crippen LogP contribution in [0, 0.1) is 0 Å². The highest BCUT2D eigenvalue weighted by Crippen LogP contribution is 2.17. The van der Waals surface area contributed by atoms with E-state index in [4.69, 9.17) is 5.84 Å². The summed E-state index contributed by atoms with van der Waals surface area (Å²) >= 11 is 1.09. The van der Waals surface area contributed by atoms with Crippen LogP contribution in [0.25, 0.3) is 0 Å². The van der Waals surface area contributed by atoms with Crippen LogP contribution >= 0.6 is 11.3 Å². The molecule has 82 valence electrons. The first-order valence-corrected chi connectivity index (χ1v) is 4.98. The van der Waals surface area contributed by atoms with Crippen LogP contribution in [-0.4, -0.2) is 30.9 Å². The number of amides is 2. The minimum absolute atomic E-state index is 0.196. The van der Waals surface area contributed by atoms with Gasteiger partial charge in [-0.2, -0.15) is 0 Å². The zero-order valence-electron chi connectivity index (χ0n) is 8.40. The molecule has 0 aliphatic heterocycles. The minimum Gasteiger partial charge on any atom is -0.289 e. The van der Waals surface area contributed by atoms with E-state index in [9.17, 15) is 9.59 Å². The molecular weight excluding hydrogens is 216 g/mol. The Morgan fingerprint density at radius 1 is 1.40 bits per heavy atom. The third-order valence-electron chi connectivity index (χ3n) is 1.81. The fourth-order valence-corrected chi connectivity index (χ4v) is 1.80. The monoisotopic (exact) mass is 228 g/mol. The van der Waals surface area contributed by atoms with E-state index < -0.39 is 5.91 Å². The number of nitrogen functional groups attached to an aromatic ring is 1. The van der Waals surface area contributed by atoms with Crippen LogP contribution in [0.5, 0.6) is 0 Å². The number of nitrogens with zero attached hydrogens (tertiary/aromatic N) is 1. The second-order valence-corrected chi connectivity index (χ2v) is 3.81. The maximum Gasteiger partial charge on any atom is 0.277 e. The van der Waals surface area contributed by atoms with Crippen molar-refractivity contribution in [3.05, 3.63) is 21.9 Å². The highest BCUT2D eigenvalue weighted by Gasteiger charge is 2.15. The van der Waals surface area contributed by atoms with Gasteiger partial charge in [-0.25, -0.2) is 11.3 Å². The van der Waals surface area contributed by atoms with Gasteiger partial charge in [-0.1, -0.05) is 0 Å². The van der Waals surface area contributed by atoms with E-state index in [1.807, 2.05) is 5.43 Å². The molecule has 0 unspecified atom stereocenters. The molecule has 15 heavy (non-hydrogen) atoms. The van der Waals surface area contributed by atoms with Gasteiger partial charge < -0.3 is 0 Å². The minimum atomic E-state index is -0.397. The number of carbonyl (C=O) groups excluding carboxylic acids is 2. The van der Waals surface area contributed by atoms with Crippen molar-refractivity contribution in [2.75, 3.05) is 14.1 Å². The maximum atomic E-state index is 11.6. The Bertz CT molecular complexity index is 376. The predicted octanol–water partition coefficient (Wildman–Crippen LogP) is -0.442. The SMILES string of the molecule is CNN(C)C(=O)c1ccc(C(=O)NN)s1. The molecule has 1 aromatic rings. The summed E-state index contributed by atoms with van der Waals surface area (Å²) in [6.07, 6.45) is 0. The lowest BCUT2D eigenvalue weighted by Crippen LogP contribution is -2.36. The van der Waals surface area contributed by atoms with Crippen molar-refractivity contribution in [3.8, 4) is 0 Å². The van der Waals surface area contributed by atoms with Gasteiger partial charge >= 0.3 is 0 Å². The van der Waals surface area contributed by atoms with E-state index in [0.717, 1.165) is 11.3 Å². The lowest BCUT2D eigenvalue weighted by molar-refractivity contribution is 0.0740. The highest BCUT2D eigenvalue weighted by atomic mass is 32.1. The lowest BCUT2D eigenvalue weighted by Gasteiger charge is -2.13. The maximum absolute atomic E-state index is 11.6. The standard InChI is InChI=1S/C8H12N4O2S/c1-10-12(2)8(14)6-4-3-5(15-6)7(13)11-9/h3-4,10H,9H2,1-2H3,(H,11,13). The number of hydrogen-bond donors (Lipinski definition) is 3. The van der Waals surface area contributed by atoms with E-state index in [1.54, 1.807) is 26.2 Å². The summed E-state index contributed by atoms with van der Waals surface area (Å²) in [6.45, 7) is 0. The number of carbonyl (C=O) groups is 2. The van der Waals surface area contributed by atoms with Crippen molar-refractivity contribution < 1.29 is 9.59 Å². The Labute approximate surface area is 91.0 Å². The molecule has 0 spiro atoms. The van der Waals surface area contributed by atoms with Gasteiger partial charge in [-0.3, -0.25) is 20.0 Å². The van der Waals surface area contributed by atoms with Crippen LogP contribution in [0.4, 0.5) is 0 Å². The zero-order valence-corrected chi connectivity index (χ0v) is 9.22. The van der Waals surface area contributed by atoms with Crippen LogP contribution in [0.3, 0.4) is 0 Å². The van der Waals surface area contributed by atoms with Crippen molar-refractivity contribution in [1.82, 2.24) is 15.9 Å².